The Kier molecular flexibility index (Phi) is 4.65. The molecule has 4 rings (SSSR count). The summed E-state index contributed by atoms with van der Waals surface area (Å²) < 4.78 is 10.8. The second-order valence-corrected chi connectivity index (χ2v) is 9.53. The van der Waals surface area contributed by atoms with Gasteiger partial charge in [0.2, 0.25) is 0 Å². The number of carbonyl (C=O) groups is 1. The van der Waals surface area contributed by atoms with Crippen molar-refractivity contribution in [1.82, 2.24) is 0 Å². The number of ether oxygens (including phenoxy) is 1. The van der Waals surface area contributed by atoms with Crippen LogP contribution in [0.4, 0.5) is 0 Å². The van der Waals surface area contributed by atoms with Crippen molar-refractivity contribution in [3.63, 3.8) is 0 Å². The summed E-state index contributed by atoms with van der Waals surface area (Å²) in [5.74, 6) is -0.819. The molecule has 3 aromatic rings. The smallest absolute Gasteiger partial charge is 0.351 e. The van der Waals surface area contributed by atoms with Crippen molar-refractivity contribution in [2.45, 2.75) is 51.4 Å². The largest absolute Gasteiger partial charge is 0.507 e. The highest BCUT2D eigenvalue weighted by molar-refractivity contribution is 5.94. The van der Waals surface area contributed by atoms with Gasteiger partial charge in [0.1, 0.15) is 22.6 Å². The van der Waals surface area contributed by atoms with Crippen molar-refractivity contribution in [1.29, 1.82) is 0 Å². The van der Waals surface area contributed by atoms with Gasteiger partial charge in [-0.15, -0.1) is 0 Å². The van der Waals surface area contributed by atoms with Crippen molar-refractivity contribution in [2.75, 3.05) is 7.11 Å². The molecule has 0 saturated carbocycles. The van der Waals surface area contributed by atoms with Crippen LogP contribution >= 0.6 is 0 Å². The summed E-state index contributed by atoms with van der Waals surface area (Å²) in [6.45, 7) is 8.88. The number of fused-ring (bicyclic) bond motifs is 2. The van der Waals surface area contributed by atoms with Crippen LogP contribution in [-0.4, -0.2) is 23.3 Å². The lowest BCUT2D eigenvalue weighted by Crippen LogP contribution is -2.33. The maximum absolute atomic E-state index is 11.9. The Labute approximate surface area is 180 Å². The number of phenolic OH excluding ortho intramolecular Hbond substituents is 1. The quantitative estimate of drug-likeness (QED) is 0.562. The first kappa shape index (κ1) is 21.0. The van der Waals surface area contributed by atoms with Gasteiger partial charge in [0.25, 0.3) is 0 Å². The molecule has 2 aromatic carbocycles. The fourth-order valence-electron chi connectivity index (χ4n) is 4.49. The van der Waals surface area contributed by atoms with Gasteiger partial charge in [-0.05, 0) is 59.1 Å². The molecule has 0 unspecified atom stereocenters. The highest BCUT2D eigenvalue weighted by Crippen LogP contribution is 2.50. The zero-order valence-electron chi connectivity index (χ0n) is 18.3. The lowest BCUT2D eigenvalue weighted by Gasteiger charge is -2.42. The third kappa shape index (κ3) is 3.36. The number of benzene rings is 2. The number of rotatable bonds is 3. The Morgan fingerprint density at radius 2 is 1.58 bits per heavy atom. The molecule has 0 saturated heterocycles. The standard InChI is InChI=1S/C25H26O6/c1-24(2)6-7-25(3,4)18-11-21(30-5)15(10-17(18)24)14-8-13-9-16(22(27)28)23(29)31-20(13)12-19(14)26/h8-12,26H,6-7H2,1-5H3,(H,27,28). The van der Waals surface area contributed by atoms with Crippen molar-refractivity contribution < 1.29 is 24.2 Å². The van der Waals surface area contributed by atoms with Gasteiger partial charge in [0.15, 0.2) is 0 Å². The Hall–Kier alpha value is -3.28. The van der Waals surface area contributed by atoms with Crippen LogP contribution in [-0.2, 0) is 10.8 Å². The normalized spacial score (nSPS) is 16.7. The fraction of sp³-hybridized carbons (Fsp3) is 0.360. The minimum absolute atomic E-state index is 0.00187. The molecule has 0 bridgehead atoms. The van der Waals surface area contributed by atoms with Crippen LogP contribution in [0.15, 0.2) is 39.5 Å². The first-order valence-electron chi connectivity index (χ1n) is 10.2. The van der Waals surface area contributed by atoms with Crippen LogP contribution in [0, 0.1) is 0 Å². The van der Waals surface area contributed by atoms with Crippen LogP contribution in [0.25, 0.3) is 22.1 Å². The zero-order chi connectivity index (χ0) is 22.7. The molecule has 1 aliphatic rings. The molecular weight excluding hydrogens is 396 g/mol. The van der Waals surface area contributed by atoms with E-state index in [1.807, 2.05) is 6.07 Å². The maximum Gasteiger partial charge on any atom is 0.351 e. The molecule has 1 aliphatic carbocycles. The molecular formula is C25H26O6. The van der Waals surface area contributed by atoms with Crippen LogP contribution in [0.3, 0.4) is 0 Å². The number of hydrogen-bond donors (Lipinski definition) is 2. The molecule has 0 amide bonds. The second-order valence-electron chi connectivity index (χ2n) is 9.53. The number of aromatic carboxylic acids is 1. The van der Waals surface area contributed by atoms with Crippen molar-refractivity contribution in [3.05, 3.63) is 57.4 Å². The van der Waals surface area contributed by atoms with Gasteiger partial charge in [-0.1, -0.05) is 27.7 Å². The fourth-order valence-corrected chi connectivity index (χ4v) is 4.49. The van der Waals surface area contributed by atoms with Gasteiger partial charge >= 0.3 is 11.6 Å². The number of carboxylic acid groups (broad SMARTS) is 1. The molecule has 1 aromatic heterocycles. The first-order valence-corrected chi connectivity index (χ1v) is 10.2. The number of hydrogen-bond acceptors (Lipinski definition) is 5. The lowest BCUT2D eigenvalue weighted by atomic mass is 9.62. The predicted octanol–water partition coefficient (Wildman–Crippen LogP) is 5.22. The molecule has 31 heavy (non-hydrogen) atoms. The second kappa shape index (κ2) is 6.87. The molecule has 162 valence electrons. The van der Waals surface area contributed by atoms with Crippen LogP contribution < -0.4 is 10.4 Å². The van der Waals surface area contributed by atoms with Gasteiger partial charge in [0.05, 0.1) is 7.11 Å². The SMILES string of the molecule is COc1cc2c(cc1-c1cc3cc(C(=O)O)c(=O)oc3cc1O)C(C)(C)CCC2(C)C. The van der Waals surface area contributed by atoms with E-state index in [0.717, 1.165) is 12.8 Å². The van der Waals surface area contributed by atoms with E-state index in [1.54, 1.807) is 13.2 Å². The van der Waals surface area contributed by atoms with Crippen LogP contribution in [0.1, 0.15) is 62.0 Å². The minimum Gasteiger partial charge on any atom is -0.507 e. The van der Waals surface area contributed by atoms with E-state index in [0.29, 0.717) is 22.3 Å². The molecule has 0 spiro atoms. The van der Waals surface area contributed by atoms with E-state index in [9.17, 15) is 19.8 Å². The Morgan fingerprint density at radius 3 is 2.16 bits per heavy atom. The minimum atomic E-state index is -1.36. The van der Waals surface area contributed by atoms with E-state index >= 15 is 0 Å². The third-order valence-electron chi connectivity index (χ3n) is 6.54. The predicted molar refractivity (Wildman–Crippen MR) is 118 cm³/mol. The molecule has 0 aliphatic heterocycles. The highest BCUT2D eigenvalue weighted by atomic mass is 16.5. The van der Waals surface area contributed by atoms with Crippen LogP contribution in [0.5, 0.6) is 11.5 Å². The van der Waals surface area contributed by atoms with E-state index in [2.05, 4.69) is 33.8 Å². The van der Waals surface area contributed by atoms with Gasteiger partial charge in [-0.3, -0.25) is 0 Å². The van der Waals surface area contributed by atoms with Gasteiger partial charge < -0.3 is 19.4 Å². The number of phenols is 1. The van der Waals surface area contributed by atoms with E-state index in [-0.39, 0.29) is 22.2 Å². The van der Waals surface area contributed by atoms with Gasteiger partial charge in [0, 0.05) is 22.6 Å². The Balaban J connectivity index is 2.01. The summed E-state index contributed by atoms with van der Waals surface area (Å²) in [6.07, 6.45) is 2.10. The molecule has 0 atom stereocenters. The highest BCUT2D eigenvalue weighted by Gasteiger charge is 2.38. The molecule has 2 N–H and O–H groups in total. The lowest BCUT2D eigenvalue weighted by molar-refractivity contribution is 0.0692. The van der Waals surface area contributed by atoms with E-state index < -0.39 is 17.2 Å². The summed E-state index contributed by atoms with van der Waals surface area (Å²) in [7, 11) is 1.59. The summed E-state index contributed by atoms with van der Waals surface area (Å²) in [5.41, 5.74) is 2.28. The van der Waals surface area contributed by atoms with Crippen LogP contribution in [0.2, 0.25) is 0 Å². The number of aromatic hydroxyl groups is 1. The molecule has 6 nitrogen and oxygen atoms in total. The van der Waals surface area contributed by atoms with Crippen molar-refractivity contribution in [3.8, 4) is 22.6 Å². The number of methoxy groups -OCH3 is 1. The van der Waals surface area contributed by atoms with Crippen molar-refractivity contribution >= 4 is 16.9 Å². The first-order chi connectivity index (χ1) is 14.4. The summed E-state index contributed by atoms with van der Waals surface area (Å²) in [6, 6.07) is 8.34. The monoisotopic (exact) mass is 422 g/mol. The Bertz CT molecular complexity index is 1280. The maximum atomic E-state index is 11.9. The Morgan fingerprint density at radius 1 is 0.968 bits per heavy atom. The van der Waals surface area contributed by atoms with Crippen molar-refractivity contribution in [2.24, 2.45) is 0 Å². The number of carboxylic acids is 1. The molecule has 0 radical (unpaired) electrons. The summed E-state index contributed by atoms with van der Waals surface area (Å²) >= 11 is 0. The third-order valence-corrected chi connectivity index (χ3v) is 6.54. The topological polar surface area (TPSA) is 97.0 Å². The average Bonchev–Trinajstić information content (AvgIpc) is 2.69. The van der Waals surface area contributed by atoms with Gasteiger partial charge in [-0.2, -0.15) is 0 Å². The molecule has 1 heterocycles. The van der Waals surface area contributed by atoms with E-state index in [1.165, 1.54) is 23.3 Å². The van der Waals surface area contributed by atoms with Gasteiger partial charge in [-0.25, -0.2) is 9.59 Å². The molecule has 0 fully saturated rings. The summed E-state index contributed by atoms with van der Waals surface area (Å²) in [4.78, 5) is 23.2. The summed E-state index contributed by atoms with van der Waals surface area (Å²) in [5, 5.41) is 20.4. The zero-order valence-corrected chi connectivity index (χ0v) is 18.3. The van der Waals surface area contributed by atoms with E-state index in [4.69, 9.17) is 9.15 Å². The average molecular weight is 422 g/mol. The molecule has 6 heteroatoms.